The van der Waals surface area contributed by atoms with Gasteiger partial charge in [-0.05, 0) is 44.0 Å². The average Bonchev–Trinajstić information content (AvgIpc) is 2.68. The van der Waals surface area contributed by atoms with Gasteiger partial charge in [-0.2, -0.15) is 0 Å². The molecule has 3 rings (SSSR count). The Balaban J connectivity index is 0.00000117. The van der Waals surface area contributed by atoms with Crippen LogP contribution in [0.2, 0.25) is 0 Å². The minimum atomic E-state index is -0.334. The van der Waals surface area contributed by atoms with Gasteiger partial charge in [0, 0.05) is 23.1 Å². The fourth-order valence-corrected chi connectivity index (χ4v) is 2.78. The zero-order chi connectivity index (χ0) is 19.3. The number of allylic oxidation sites excluding steroid dienone is 2. The van der Waals surface area contributed by atoms with Crippen LogP contribution in [0.25, 0.3) is 11.0 Å². The van der Waals surface area contributed by atoms with Crippen LogP contribution in [0.3, 0.4) is 0 Å². The molecule has 5 heteroatoms. The molecule has 0 atom stereocenters. The Bertz CT molecular complexity index is 935. The number of hydrogen-bond acceptors (Lipinski definition) is 4. The molecule has 0 saturated carbocycles. The Morgan fingerprint density at radius 1 is 1.19 bits per heavy atom. The highest BCUT2D eigenvalue weighted by molar-refractivity contribution is 6.07. The molecular formula is C21H25NO4. The van der Waals surface area contributed by atoms with Gasteiger partial charge in [0.25, 0.3) is 5.91 Å². The minimum Gasteiger partial charge on any atom is -0.500 e. The first kappa shape index (κ1) is 19.5. The number of amides is 1. The van der Waals surface area contributed by atoms with Crippen molar-refractivity contribution >= 4 is 22.6 Å². The topological polar surface area (TPSA) is 68.5 Å². The van der Waals surface area contributed by atoms with Gasteiger partial charge in [-0.25, -0.2) is 4.79 Å². The Morgan fingerprint density at radius 2 is 1.92 bits per heavy atom. The molecule has 0 aliphatic heterocycles. The summed E-state index contributed by atoms with van der Waals surface area (Å²) in [5.74, 6) is 0.475. The summed E-state index contributed by atoms with van der Waals surface area (Å²) < 4.78 is 10.6. The molecule has 0 unspecified atom stereocenters. The lowest BCUT2D eigenvalue weighted by Gasteiger charge is -2.15. The highest BCUT2D eigenvalue weighted by Crippen LogP contribution is 2.25. The first-order valence-corrected chi connectivity index (χ1v) is 8.80. The minimum absolute atomic E-state index is 0.214. The lowest BCUT2D eigenvalue weighted by Crippen LogP contribution is -2.17. The molecule has 5 nitrogen and oxygen atoms in total. The van der Waals surface area contributed by atoms with E-state index >= 15 is 0 Å². The summed E-state index contributed by atoms with van der Waals surface area (Å²) in [5, 5.41) is 3.69. The molecule has 1 N–H and O–H groups in total. The number of hydrogen-bond donors (Lipinski definition) is 1. The largest absolute Gasteiger partial charge is 0.500 e. The Kier molecular flexibility index (Phi) is 6.39. The van der Waals surface area contributed by atoms with Gasteiger partial charge in [-0.15, -0.1) is 0 Å². The standard InChI is InChI=1S/C19H19NO4.C2H6/c1-11-12(2)19(22)24-17-9-8-13(10-15(11)17)20-18(21)14-6-4-5-7-16(14)23-3;1-2/h4,6,8-10H,5,7H2,1-3H3,(H,20,21);1-2H3. The predicted octanol–water partition coefficient (Wildman–Crippen LogP) is 4.63. The van der Waals surface area contributed by atoms with Crippen molar-refractivity contribution in [2.75, 3.05) is 12.4 Å². The van der Waals surface area contributed by atoms with E-state index < -0.39 is 0 Å². The van der Waals surface area contributed by atoms with Crippen LogP contribution in [0.1, 0.15) is 37.8 Å². The van der Waals surface area contributed by atoms with Crippen LogP contribution in [0.4, 0.5) is 5.69 Å². The number of nitrogens with one attached hydrogen (secondary N) is 1. The van der Waals surface area contributed by atoms with Crippen molar-refractivity contribution in [2.45, 2.75) is 40.5 Å². The van der Waals surface area contributed by atoms with Gasteiger partial charge in [0.05, 0.1) is 12.7 Å². The summed E-state index contributed by atoms with van der Waals surface area (Å²) in [7, 11) is 1.58. The number of carbonyl (C=O) groups excluding carboxylic acids is 1. The van der Waals surface area contributed by atoms with Crippen LogP contribution < -0.4 is 10.9 Å². The van der Waals surface area contributed by atoms with Crippen molar-refractivity contribution in [3.8, 4) is 0 Å². The summed E-state index contributed by atoms with van der Waals surface area (Å²) >= 11 is 0. The van der Waals surface area contributed by atoms with Crippen LogP contribution >= 0.6 is 0 Å². The molecule has 138 valence electrons. The smallest absolute Gasteiger partial charge is 0.339 e. The van der Waals surface area contributed by atoms with Crippen molar-refractivity contribution in [3.63, 3.8) is 0 Å². The molecule has 1 aliphatic carbocycles. The van der Waals surface area contributed by atoms with Crippen molar-refractivity contribution in [1.29, 1.82) is 0 Å². The van der Waals surface area contributed by atoms with Crippen LogP contribution in [-0.2, 0) is 9.53 Å². The van der Waals surface area contributed by atoms with E-state index in [0.29, 0.717) is 28.2 Å². The number of methoxy groups -OCH3 is 1. The summed E-state index contributed by atoms with van der Waals surface area (Å²) in [6.45, 7) is 7.60. The number of benzene rings is 1. The third kappa shape index (κ3) is 3.87. The second-order valence-electron chi connectivity index (χ2n) is 5.79. The summed E-state index contributed by atoms with van der Waals surface area (Å²) in [4.78, 5) is 24.2. The van der Waals surface area contributed by atoms with Gasteiger partial charge in [0.2, 0.25) is 0 Å². The van der Waals surface area contributed by atoms with E-state index in [-0.39, 0.29) is 11.5 Å². The summed E-state index contributed by atoms with van der Waals surface area (Å²) in [5.41, 5.74) is 2.79. The van der Waals surface area contributed by atoms with Gasteiger partial charge in [0.1, 0.15) is 11.3 Å². The van der Waals surface area contributed by atoms with Crippen molar-refractivity contribution in [1.82, 2.24) is 0 Å². The van der Waals surface area contributed by atoms with Crippen LogP contribution in [0, 0.1) is 13.8 Å². The maximum Gasteiger partial charge on any atom is 0.339 e. The van der Waals surface area contributed by atoms with E-state index in [0.717, 1.165) is 23.8 Å². The average molecular weight is 355 g/mol. The third-order valence-electron chi connectivity index (χ3n) is 4.33. The number of carbonyl (C=O) groups is 1. The zero-order valence-electron chi connectivity index (χ0n) is 15.9. The van der Waals surface area contributed by atoms with Crippen LogP contribution in [-0.4, -0.2) is 13.0 Å². The van der Waals surface area contributed by atoms with Crippen LogP contribution in [0.5, 0.6) is 0 Å². The molecule has 1 aromatic carbocycles. The molecule has 1 heterocycles. The monoisotopic (exact) mass is 355 g/mol. The highest BCUT2D eigenvalue weighted by Gasteiger charge is 2.17. The number of aryl methyl sites for hydroxylation is 1. The maximum absolute atomic E-state index is 12.5. The molecule has 1 amide bonds. The van der Waals surface area contributed by atoms with E-state index in [1.165, 1.54) is 0 Å². The van der Waals surface area contributed by atoms with Gasteiger partial charge in [-0.3, -0.25) is 4.79 Å². The van der Waals surface area contributed by atoms with E-state index in [4.69, 9.17) is 9.15 Å². The van der Waals surface area contributed by atoms with E-state index in [2.05, 4.69) is 5.32 Å². The molecular weight excluding hydrogens is 330 g/mol. The van der Waals surface area contributed by atoms with Crippen molar-refractivity contribution in [2.24, 2.45) is 0 Å². The van der Waals surface area contributed by atoms with Gasteiger partial charge < -0.3 is 14.5 Å². The van der Waals surface area contributed by atoms with Gasteiger partial charge in [-0.1, -0.05) is 26.0 Å². The van der Waals surface area contributed by atoms with Gasteiger partial charge >= 0.3 is 5.63 Å². The number of fused-ring (bicyclic) bond motifs is 1. The lowest BCUT2D eigenvalue weighted by molar-refractivity contribution is -0.112. The van der Waals surface area contributed by atoms with Crippen molar-refractivity contribution in [3.05, 3.63) is 63.2 Å². The number of ether oxygens (including phenoxy) is 1. The molecule has 0 saturated heterocycles. The van der Waals surface area contributed by atoms with E-state index in [1.54, 1.807) is 32.2 Å². The second kappa shape index (κ2) is 8.52. The van der Waals surface area contributed by atoms with Crippen molar-refractivity contribution < 1.29 is 13.9 Å². The van der Waals surface area contributed by atoms with Gasteiger partial charge in [0.15, 0.2) is 0 Å². The van der Waals surface area contributed by atoms with E-state index in [9.17, 15) is 9.59 Å². The molecule has 1 aromatic heterocycles. The molecule has 1 aliphatic rings. The molecule has 0 fully saturated rings. The fourth-order valence-electron chi connectivity index (χ4n) is 2.78. The second-order valence-corrected chi connectivity index (χ2v) is 5.79. The molecule has 0 spiro atoms. The van der Waals surface area contributed by atoms with Crippen LogP contribution in [0.15, 0.2) is 50.9 Å². The normalized spacial score (nSPS) is 13.3. The first-order valence-electron chi connectivity index (χ1n) is 8.80. The predicted molar refractivity (Wildman–Crippen MR) is 104 cm³/mol. The molecule has 0 bridgehead atoms. The molecule has 0 radical (unpaired) electrons. The summed E-state index contributed by atoms with van der Waals surface area (Å²) in [6.07, 6.45) is 5.33. The maximum atomic E-state index is 12.5. The SMILES string of the molecule is CC.COC1=C(C(=O)Nc2ccc3oc(=O)c(C)c(C)c3c2)C=CCC1. The third-order valence-corrected chi connectivity index (χ3v) is 4.33. The Hall–Kier alpha value is -2.82. The fraction of sp³-hybridized carbons (Fsp3) is 0.333. The van der Waals surface area contributed by atoms with E-state index in [1.807, 2.05) is 32.9 Å². The highest BCUT2D eigenvalue weighted by atomic mass is 16.5. The quantitative estimate of drug-likeness (QED) is 0.815. The lowest BCUT2D eigenvalue weighted by atomic mass is 10.0. The molecule has 2 aromatic rings. The zero-order valence-corrected chi connectivity index (χ0v) is 15.9. The molecule has 26 heavy (non-hydrogen) atoms. The Labute approximate surface area is 153 Å². The Morgan fingerprint density at radius 3 is 2.62 bits per heavy atom. The first-order chi connectivity index (χ1) is 12.5. The number of rotatable bonds is 3. The summed E-state index contributed by atoms with van der Waals surface area (Å²) in [6, 6.07) is 5.23. The number of anilines is 1.